The molecule has 3 N–H and O–H groups in total. The number of hydrogen-bond acceptors (Lipinski definition) is 5. The highest BCUT2D eigenvalue weighted by Crippen LogP contribution is 2.35. The first kappa shape index (κ1) is 21.1. The van der Waals surface area contributed by atoms with Crippen molar-refractivity contribution in [3.8, 4) is 5.75 Å². The molecule has 1 heterocycles. The Hall–Kier alpha value is -3.10. The van der Waals surface area contributed by atoms with Gasteiger partial charge in [0.2, 0.25) is 5.91 Å². The van der Waals surface area contributed by atoms with Crippen molar-refractivity contribution in [1.82, 2.24) is 15.5 Å². The molecule has 1 aromatic rings. The lowest BCUT2D eigenvalue weighted by molar-refractivity contribution is -0.131. The summed E-state index contributed by atoms with van der Waals surface area (Å²) in [6.45, 7) is 0.451. The average molecular weight is 428 g/mol. The predicted octanol–water partition coefficient (Wildman–Crippen LogP) is 1.78. The third-order valence-corrected chi connectivity index (χ3v) is 6.00. The molecule has 9 heteroatoms. The fourth-order valence-corrected chi connectivity index (χ4v) is 4.12. The Bertz CT molecular complexity index is 876. The van der Waals surface area contributed by atoms with E-state index in [0.29, 0.717) is 37.2 Å². The van der Waals surface area contributed by atoms with Gasteiger partial charge in [0.25, 0.3) is 11.8 Å². The second kappa shape index (κ2) is 8.95. The molecule has 1 spiro atoms. The van der Waals surface area contributed by atoms with Gasteiger partial charge < -0.3 is 20.7 Å². The van der Waals surface area contributed by atoms with Gasteiger partial charge in [0.1, 0.15) is 11.3 Å². The molecule has 5 amide bonds. The van der Waals surface area contributed by atoms with Gasteiger partial charge in [0.05, 0.1) is 0 Å². The number of nitrogens with one attached hydrogen (secondary N) is 3. The molecule has 3 fully saturated rings. The number of amides is 5. The highest BCUT2D eigenvalue weighted by atomic mass is 16.5. The van der Waals surface area contributed by atoms with E-state index in [4.69, 9.17) is 4.74 Å². The first-order valence-electron chi connectivity index (χ1n) is 10.9. The van der Waals surface area contributed by atoms with Gasteiger partial charge in [-0.25, -0.2) is 4.79 Å². The minimum Gasteiger partial charge on any atom is -0.484 e. The van der Waals surface area contributed by atoms with Crippen LogP contribution >= 0.6 is 0 Å². The van der Waals surface area contributed by atoms with Crippen LogP contribution in [0.5, 0.6) is 5.75 Å². The number of imide groups is 1. The first-order valence-corrected chi connectivity index (χ1v) is 10.9. The lowest BCUT2D eigenvalue weighted by Gasteiger charge is -2.20. The zero-order valence-corrected chi connectivity index (χ0v) is 17.4. The second-order valence-corrected chi connectivity index (χ2v) is 8.46. The van der Waals surface area contributed by atoms with E-state index in [-0.39, 0.29) is 42.8 Å². The van der Waals surface area contributed by atoms with Gasteiger partial charge in [0.15, 0.2) is 6.61 Å². The van der Waals surface area contributed by atoms with E-state index in [9.17, 15) is 19.2 Å². The van der Waals surface area contributed by atoms with Crippen molar-refractivity contribution in [3.63, 3.8) is 0 Å². The van der Waals surface area contributed by atoms with Crippen LogP contribution in [0.2, 0.25) is 0 Å². The molecule has 166 valence electrons. The van der Waals surface area contributed by atoms with Crippen LogP contribution in [0, 0.1) is 5.92 Å². The van der Waals surface area contributed by atoms with Crippen molar-refractivity contribution in [1.29, 1.82) is 0 Å². The molecule has 0 atom stereocenters. The zero-order valence-electron chi connectivity index (χ0n) is 17.4. The molecule has 0 unspecified atom stereocenters. The number of hydrogen-bond donors (Lipinski definition) is 3. The van der Waals surface area contributed by atoms with E-state index in [1.54, 1.807) is 24.3 Å². The Morgan fingerprint density at radius 2 is 1.97 bits per heavy atom. The maximum Gasteiger partial charge on any atom is 0.325 e. The highest BCUT2D eigenvalue weighted by Gasteiger charge is 2.51. The summed E-state index contributed by atoms with van der Waals surface area (Å²) in [5.41, 5.74) is -0.0516. The lowest BCUT2D eigenvalue weighted by atomic mass is 9.98. The Balaban J connectivity index is 1.15. The molecule has 9 nitrogen and oxygen atoms in total. The van der Waals surface area contributed by atoms with Crippen molar-refractivity contribution < 1.29 is 23.9 Å². The van der Waals surface area contributed by atoms with Gasteiger partial charge >= 0.3 is 6.03 Å². The van der Waals surface area contributed by atoms with Crippen molar-refractivity contribution in [3.05, 3.63) is 24.3 Å². The van der Waals surface area contributed by atoms with E-state index < -0.39 is 5.54 Å². The summed E-state index contributed by atoms with van der Waals surface area (Å²) in [5, 5.41) is 8.42. The van der Waals surface area contributed by atoms with Gasteiger partial charge in [-0.2, -0.15) is 0 Å². The van der Waals surface area contributed by atoms with Crippen molar-refractivity contribution in [2.45, 2.75) is 50.5 Å². The standard InChI is InChI=1S/C22H28N4O5/c27-18(14-31-17-6-3-5-16(13-17)24-19(28)15-7-8-15)23-11-4-12-26-20(29)22(25-21(26)30)9-1-2-10-22/h3,5-6,13,15H,1-2,4,7-12,14H2,(H,23,27)(H,24,28)(H,25,30). The summed E-state index contributed by atoms with van der Waals surface area (Å²) in [6.07, 6.45) is 5.64. The first-order chi connectivity index (χ1) is 15.0. The Labute approximate surface area is 180 Å². The number of rotatable bonds is 9. The molecule has 0 bridgehead atoms. The number of carbonyl (C=O) groups is 4. The molecule has 2 aliphatic carbocycles. The van der Waals surface area contributed by atoms with Gasteiger partial charge in [0, 0.05) is 30.8 Å². The molecule has 2 saturated carbocycles. The molecule has 0 radical (unpaired) electrons. The molecule has 1 saturated heterocycles. The number of ether oxygens (including phenoxy) is 1. The summed E-state index contributed by atoms with van der Waals surface area (Å²) in [5.74, 6) is 0.181. The zero-order chi connectivity index (χ0) is 21.8. The fraction of sp³-hybridized carbons (Fsp3) is 0.545. The van der Waals surface area contributed by atoms with E-state index in [1.165, 1.54) is 4.90 Å². The molecular formula is C22H28N4O5. The molecule has 4 rings (SSSR count). The molecular weight excluding hydrogens is 400 g/mol. The van der Waals surface area contributed by atoms with E-state index in [2.05, 4.69) is 16.0 Å². The Morgan fingerprint density at radius 3 is 2.71 bits per heavy atom. The van der Waals surface area contributed by atoms with Crippen LogP contribution in [0.4, 0.5) is 10.5 Å². The Kier molecular flexibility index (Phi) is 6.11. The molecule has 0 aromatic heterocycles. The molecule has 3 aliphatic rings. The van der Waals surface area contributed by atoms with E-state index >= 15 is 0 Å². The third-order valence-electron chi connectivity index (χ3n) is 6.00. The van der Waals surface area contributed by atoms with Crippen molar-refractivity contribution in [2.24, 2.45) is 5.92 Å². The minimum atomic E-state index is -0.694. The second-order valence-electron chi connectivity index (χ2n) is 8.46. The maximum atomic E-state index is 12.6. The monoisotopic (exact) mass is 428 g/mol. The molecule has 31 heavy (non-hydrogen) atoms. The smallest absolute Gasteiger partial charge is 0.325 e. The number of nitrogens with zero attached hydrogens (tertiary/aromatic N) is 1. The molecule has 1 aromatic carbocycles. The lowest BCUT2D eigenvalue weighted by Crippen LogP contribution is -2.44. The molecule has 1 aliphatic heterocycles. The van der Waals surface area contributed by atoms with Crippen LogP contribution in [0.1, 0.15) is 44.9 Å². The maximum absolute atomic E-state index is 12.6. The van der Waals surface area contributed by atoms with Gasteiger partial charge in [-0.3, -0.25) is 19.3 Å². The van der Waals surface area contributed by atoms with Crippen LogP contribution in [-0.2, 0) is 14.4 Å². The summed E-state index contributed by atoms with van der Waals surface area (Å²) < 4.78 is 5.50. The van der Waals surface area contributed by atoms with E-state index in [0.717, 1.165) is 25.7 Å². The van der Waals surface area contributed by atoms with Crippen molar-refractivity contribution >= 4 is 29.4 Å². The number of benzene rings is 1. The number of urea groups is 1. The summed E-state index contributed by atoms with van der Waals surface area (Å²) in [6, 6.07) is 6.60. The average Bonchev–Trinajstić information content (AvgIpc) is 3.46. The van der Waals surface area contributed by atoms with Gasteiger partial charge in [-0.15, -0.1) is 0 Å². The van der Waals surface area contributed by atoms with E-state index in [1.807, 2.05) is 0 Å². The topological polar surface area (TPSA) is 117 Å². The Morgan fingerprint density at radius 1 is 1.19 bits per heavy atom. The third kappa shape index (κ3) is 4.98. The van der Waals surface area contributed by atoms with Crippen molar-refractivity contribution in [2.75, 3.05) is 25.0 Å². The summed E-state index contributed by atoms with van der Waals surface area (Å²) in [7, 11) is 0. The number of anilines is 1. The van der Waals surface area contributed by atoms with Gasteiger partial charge in [-0.05, 0) is 44.2 Å². The summed E-state index contributed by atoms with van der Waals surface area (Å²) in [4.78, 5) is 49.8. The van der Waals surface area contributed by atoms with Crippen LogP contribution in [0.3, 0.4) is 0 Å². The fourth-order valence-electron chi connectivity index (χ4n) is 4.12. The van der Waals surface area contributed by atoms with Crippen LogP contribution in [-0.4, -0.2) is 53.9 Å². The quantitative estimate of drug-likeness (QED) is 0.410. The normalized spacial score (nSPS) is 19.4. The number of carbonyl (C=O) groups excluding carboxylic acids is 4. The van der Waals surface area contributed by atoms with Gasteiger partial charge in [-0.1, -0.05) is 18.9 Å². The SMILES string of the molecule is O=C(COc1cccc(NC(=O)C2CC2)c1)NCCCN1C(=O)NC2(CCCC2)C1=O. The highest BCUT2D eigenvalue weighted by molar-refractivity contribution is 6.07. The minimum absolute atomic E-state index is 0.0129. The summed E-state index contributed by atoms with van der Waals surface area (Å²) >= 11 is 0. The van der Waals surface area contributed by atoms with Crippen LogP contribution in [0.15, 0.2) is 24.3 Å². The van der Waals surface area contributed by atoms with Crippen LogP contribution in [0.25, 0.3) is 0 Å². The largest absolute Gasteiger partial charge is 0.484 e. The van der Waals surface area contributed by atoms with Crippen LogP contribution < -0.4 is 20.7 Å². The predicted molar refractivity (Wildman–Crippen MR) is 112 cm³/mol.